The Kier molecular flexibility index (Phi) is 8.04. The Balaban J connectivity index is 1.52. The van der Waals surface area contributed by atoms with Crippen LogP contribution < -0.4 is 10.6 Å². The third-order valence-electron chi connectivity index (χ3n) is 5.20. The van der Waals surface area contributed by atoms with Crippen LogP contribution in [-0.4, -0.2) is 55.0 Å². The van der Waals surface area contributed by atoms with E-state index in [1.54, 1.807) is 18.4 Å². The van der Waals surface area contributed by atoms with Crippen molar-refractivity contribution in [2.24, 2.45) is 10.9 Å². The number of aromatic nitrogens is 1. The molecule has 1 amide bonds. The second-order valence-electron chi connectivity index (χ2n) is 7.30. The van der Waals surface area contributed by atoms with E-state index in [4.69, 9.17) is 9.98 Å². The highest BCUT2D eigenvalue weighted by Gasteiger charge is 2.23. The molecule has 156 valence electrons. The van der Waals surface area contributed by atoms with Gasteiger partial charge in [-0.2, -0.15) is 0 Å². The third kappa shape index (κ3) is 6.29. The van der Waals surface area contributed by atoms with Crippen LogP contribution in [0.25, 0.3) is 10.6 Å². The Morgan fingerprint density at radius 3 is 2.72 bits per heavy atom. The third-order valence-corrected chi connectivity index (χ3v) is 6.14. The van der Waals surface area contributed by atoms with Crippen LogP contribution in [0.1, 0.15) is 31.9 Å². The number of aliphatic imine (C=N–C) groups is 1. The Hall–Kier alpha value is -2.41. The second kappa shape index (κ2) is 11.0. The lowest BCUT2D eigenvalue weighted by atomic mass is 9.93. The van der Waals surface area contributed by atoms with E-state index in [1.165, 1.54) is 5.56 Å². The number of nitrogens with one attached hydrogen (secondary N) is 2. The lowest BCUT2D eigenvalue weighted by molar-refractivity contribution is -0.121. The lowest BCUT2D eigenvalue weighted by Gasteiger charge is -2.34. The summed E-state index contributed by atoms with van der Waals surface area (Å²) in [7, 11) is 1.71. The highest BCUT2D eigenvalue weighted by molar-refractivity contribution is 7.13. The van der Waals surface area contributed by atoms with Gasteiger partial charge in [0.05, 0.1) is 5.69 Å². The van der Waals surface area contributed by atoms with Gasteiger partial charge >= 0.3 is 0 Å². The van der Waals surface area contributed by atoms with Gasteiger partial charge < -0.3 is 15.5 Å². The van der Waals surface area contributed by atoms with Crippen LogP contribution in [0, 0.1) is 5.92 Å². The maximum atomic E-state index is 11.6. The number of guanidine groups is 1. The summed E-state index contributed by atoms with van der Waals surface area (Å²) in [6, 6.07) is 10.3. The number of rotatable bonds is 7. The van der Waals surface area contributed by atoms with Crippen LogP contribution >= 0.6 is 11.3 Å². The van der Waals surface area contributed by atoms with Crippen molar-refractivity contribution in [2.45, 2.75) is 32.6 Å². The molecule has 29 heavy (non-hydrogen) atoms. The molecule has 0 spiro atoms. The average Bonchev–Trinajstić information content (AvgIpc) is 3.23. The molecule has 2 aromatic rings. The quantitative estimate of drug-likeness (QED) is 0.540. The lowest BCUT2D eigenvalue weighted by Crippen LogP contribution is -2.46. The first-order valence-electron chi connectivity index (χ1n) is 10.4. The number of carbonyl (C=O) groups is 1. The molecule has 0 atom stereocenters. The molecular weight excluding hydrogens is 382 g/mol. The maximum absolute atomic E-state index is 11.6. The molecule has 0 bridgehead atoms. The minimum absolute atomic E-state index is 0.141. The minimum atomic E-state index is 0.141. The first-order chi connectivity index (χ1) is 14.2. The molecule has 0 saturated carbocycles. The molecule has 7 heteroatoms. The molecule has 0 radical (unpaired) electrons. The van der Waals surface area contributed by atoms with Crippen LogP contribution in [0.15, 0.2) is 40.7 Å². The van der Waals surface area contributed by atoms with E-state index in [2.05, 4.69) is 40.0 Å². The van der Waals surface area contributed by atoms with Gasteiger partial charge in [-0.05, 0) is 25.7 Å². The van der Waals surface area contributed by atoms with Gasteiger partial charge in [0.25, 0.3) is 0 Å². The summed E-state index contributed by atoms with van der Waals surface area (Å²) in [6.07, 6.45) is 3.53. The Labute approximate surface area is 177 Å². The van der Waals surface area contributed by atoms with E-state index in [-0.39, 0.29) is 5.91 Å². The molecule has 3 rings (SSSR count). The van der Waals surface area contributed by atoms with Crippen LogP contribution in [0.5, 0.6) is 0 Å². The monoisotopic (exact) mass is 413 g/mol. The van der Waals surface area contributed by atoms with Crippen molar-refractivity contribution in [1.29, 1.82) is 0 Å². The zero-order chi connectivity index (χ0) is 20.5. The van der Waals surface area contributed by atoms with Crippen LogP contribution in [0.2, 0.25) is 0 Å². The summed E-state index contributed by atoms with van der Waals surface area (Å²) in [5.74, 6) is 1.59. The van der Waals surface area contributed by atoms with Crippen molar-refractivity contribution in [3.05, 3.63) is 41.4 Å². The van der Waals surface area contributed by atoms with Crippen molar-refractivity contribution in [3.63, 3.8) is 0 Å². The van der Waals surface area contributed by atoms with E-state index >= 15 is 0 Å². The predicted octanol–water partition coefficient (Wildman–Crippen LogP) is 3.17. The summed E-state index contributed by atoms with van der Waals surface area (Å²) in [5, 5.41) is 9.34. The minimum Gasteiger partial charge on any atom is -0.359 e. The second-order valence-corrected chi connectivity index (χ2v) is 8.16. The largest absolute Gasteiger partial charge is 0.359 e. The number of amides is 1. The van der Waals surface area contributed by atoms with Gasteiger partial charge in [0, 0.05) is 57.0 Å². The molecule has 0 aliphatic carbocycles. The molecular formula is C22H31N5OS. The van der Waals surface area contributed by atoms with Gasteiger partial charge in [-0.1, -0.05) is 30.3 Å². The maximum Gasteiger partial charge on any atom is 0.220 e. The van der Waals surface area contributed by atoms with Gasteiger partial charge in [-0.15, -0.1) is 11.3 Å². The summed E-state index contributed by atoms with van der Waals surface area (Å²) >= 11 is 1.69. The summed E-state index contributed by atoms with van der Waals surface area (Å²) in [5.41, 5.74) is 2.26. The van der Waals surface area contributed by atoms with Crippen molar-refractivity contribution in [2.75, 3.05) is 33.2 Å². The first-order valence-corrected chi connectivity index (χ1v) is 11.3. The molecule has 1 aliphatic rings. The number of hydrogen-bond donors (Lipinski definition) is 2. The normalized spacial score (nSPS) is 15.4. The molecule has 1 aromatic carbocycles. The summed E-state index contributed by atoms with van der Waals surface area (Å²) < 4.78 is 0. The Morgan fingerprint density at radius 1 is 1.28 bits per heavy atom. The van der Waals surface area contributed by atoms with Crippen molar-refractivity contribution < 1.29 is 4.79 Å². The average molecular weight is 414 g/mol. The fraction of sp³-hybridized carbons (Fsp3) is 0.500. The van der Waals surface area contributed by atoms with Gasteiger partial charge in [-0.25, -0.2) is 4.98 Å². The Bertz CT molecular complexity index is 797. The summed E-state index contributed by atoms with van der Waals surface area (Å²) in [4.78, 5) is 23.5. The fourth-order valence-corrected chi connectivity index (χ4v) is 4.41. The standard InChI is InChI=1S/C22H31N5OS/c1-3-24-22(27-13-10-17(11-14-27)15-20(28)23-2)25-12-9-19-16-29-21(26-19)18-7-5-4-6-8-18/h4-8,16-17H,3,9-15H2,1-2H3,(H,23,28)(H,24,25). The van der Waals surface area contributed by atoms with Crippen LogP contribution in [0.4, 0.5) is 0 Å². The summed E-state index contributed by atoms with van der Waals surface area (Å²) in [6.45, 7) is 5.56. The van der Waals surface area contributed by atoms with Crippen molar-refractivity contribution >= 4 is 23.2 Å². The molecule has 1 saturated heterocycles. The van der Waals surface area contributed by atoms with Gasteiger partial charge in [-0.3, -0.25) is 9.79 Å². The van der Waals surface area contributed by atoms with E-state index in [0.29, 0.717) is 12.3 Å². The number of thiazole rings is 1. The molecule has 1 fully saturated rings. The number of nitrogens with zero attached hydrogens (tertiary/aromatic N) is 3. The molecule has 6 nitrogen and oxygen atoms in total. The zero-order valence-electron chi connectivity index (χ0n) is 17.4. The number of likely N-dealkylation sites (tertiary alicyclic amines) is 1. The molecule has 1 aliphatic heterocycles. The number of benzene rings is 1. The van der Waals surface area contributed by atoms with Gasteiger partial charge in [0.2, 0.25) is 5.91 Å². The SMILES string of the molecule is CCNC(=NCCc1csc(-c2ccccc2)n1)N1CCC(CC(=O)NC)CC1. The number of piperidine rings is 1. The Morgan fingerprint density at radius 2 is 2.03 bits per heavy atom. The highest BCUT2D eigenvalue weighted by Crippen LogP contribution is 2.23. The van der Waals surface area contributed by atoms with E-state index < -0.39 is 0 Å². The number of carbonyl (C=O) groups excluding carboxylic acids is 1. The smallest absolute Gasteiger partial charge is 0.220 e. The molecule has 1 aromatic heterocycles. The highest BCUT2D eigenvalue weighted by atomic mass is 32.1. The van der Waals surface area contributed by atoms with Crippen molar-refractivity contribution in [1.82, 2.24) is 20.5 Å². The van der Waals surface area contributed by atoms with E-state index in [9.17, 15) is 4.79 Å². The van der Waals surface area contributed by atoms with Crippen molar-refractivity contribution in [3.8, 4) is 10.6 Å². The first kappa shape index (κ1) is 21.3. The van der Waals surface area contributed by atoms with E-state index in [0.717, 1.165) is 62.1 Å². The predicted molar refractivity (Wildman–Crippen MR) is 120 cm³/mol. The van der Waals surface area contributed by atoms with Crippen LogP contribution in [0.3, 0.4) is 0 Å². The molecule has 2 heterocycles. The molecule has 2 N–H and O–H groups in total. The fourth-order valence-electron chi connectivity index (χ4n) is 3.55. The van der Waals surface area contributed by atoms with Gasteiger partial charge in [0.1, 0.15) is 5.01 Å². The van der Waals surface area contributed by atoms with Crippen LogP contribution in [-0.2, 0) is 11.2 Å². The number of hydrogen-bond acceptors (Lipinski definition) is 4. The van der Waals surface area contributed by atoms with Gasteiger partial charge in [0.15, 0.2) is 5.96 Å². The van der Waals surface area contributed by atoms with E-state index in [1.807, 2.05) is 18.2 Å². The molecule has 0 unspecified atom stereocenters. The topological polar surface area (TPSA) is 69.6 Å². The zero-order valence-corrected chi connectivity index (χ0v) is 18.2.